The molecule has 1 N–H and O–H groups in total. The molecule has 0 aliphatic rings. The predicted molar refractivity (Wildman–Crippen MR) is 153 cm³/mol. The van der Waals surface area contributed by atoms with Crippen molar-refractivity contribution in [2.24, 2.45) is 0 Å². The molecular weight excluding hydrogens is 533 g/mol. The summed E-state index contributed by atoms with van der Waals surface area (Å²) in [5.41, 5.74) is 0.378. The summed E-state index contributed by atoms with van der Waals surface area (Å²) in [4.78, 5) is 28.1. The van der Waals surface area contributed by atoms with Crippen molar-refractivity contribution >= 4 is 27.5 Å². The van der Waals surface area contributed by atoms with Gasteiger partial charge in [0.25, 0.3) is 10.0 Å². The topological polar surface area (TPSA) is 96.0 Å². The molecule has 0 saturated heterocycles. The van der Waals surface area contributed by atoms with E-state index in [0.717, 1.165) is 17.1 Å². The molecule has 0 unspecified atom stereocenters. The van der Waals surface area contributed by atoms with Crippen LogP contribution >= 0.6 is 0 Å². The van der Waals surface area contributed by atoms with Gasteiger partial charge in [-0.3, -0.25) is 13.9 Å². The highest BCUT2D eigenvalue weighted by Crippen LogP contribution is 2.33. The maximum absolute atomic E-state index is 14.6. The monoisotopic (exact) mass is 569 g/mol. The fourth-order valence-electron chi connectivity index (χ4n) is 4.10. The van der Waals surface area contributed by atoms with Gasteiger partial charge < -0.3 is 15.0 Å². The van der Waals surface area contributed by atoms with Gasteiger partial charge in [0.1, 0.15) is 24.2 Å². The highest BCUT2D eigenvalue weighted by atomic mass is 32.2. The van der Waals surface area contributed by atoms with E-state index >= 15 is 0 Å². The first kappa shape index (κ1) is 30.6. The van der Waals surface area contributed by atoms with Gasteiger partial charge in [0.15, 0.2) is 0 Å². The van der Waals surface area contributed by atoms with Crippen LogP contribution in [0.1, 0.15) is 39.2 Å². The lowest BCUT2D eigenvalue weighted by atomic mass is 10.1. The van der Waals surface area contributed by atoms with Crippen molar-refractivity contribution in [2.45, 2.75) is 51.1 Å². The third-order valence-electron chi connectivity index (χ3n) is 6.34. The highest BCUT2D eigenvalue weighted by Gasteiger charge is 2.34. The number of carbonyl (C=O) groups is 2. The second-order valence-electron chi connectivity index (χ2n) is 9.16. The summed E-state index contributed by atoms with van der Waals surface area (Å²) in [6, 6.07) is 19.3. The van der Waals surface area contributed by atoms with Crippen LogP contribution in [-0.2, 0) is 26.2 Å². The fraction of sp³-hybridized carbons (Fsp3) is 0.333. The SMILES string of the molecule is CCCCNC(=O)[C@@H](C)N(Cc1ccccc1F)C(=O)CN(c1ccccc1OCC)S(=O)(=O)c1ccccc1. The normalized spacial score (nSPS) is 11.9. The molecule has 1 atom stereocenters. The Bertz CT molecular complexity index is 1380. The minimum absolute atomic E-state index is 0.0138. The lowest BCUT2D eigenvalue weighted by Gasteiger charge is -2.32. The number of ether oxygens (including phenoxy) is 1. The van der Waals surface area contributed by atoms with Crippen LogP contribution in [0.15, 0.2) is 83.8 Å². The molecule has 3 rings (SSSR count). The Morgan fingerprint density at radius 2 is 1.60 bits per heavy atom. The highest BCUT2D eigenvalue weighted by molar-refractivity contribution is 7.92. The molecule has 3 aromatic carbocycles. The standard InChI is InChI=1S/C30H36FN3O5S/c1-4-6-20-32-30(36)23(3)33(21-24-14-10-11-17-26(24)31)29(35)22-34(27-18-12-13-19-28(27)39-5-2)40(37,38)25-15-8-7-9-16-25/h7-19,23H,4-6,20-22H2,1-3H3,(H,32,36)/t23-/m1/s1. The van der Waals surface area contributed by atoms with Crippen LogP contribution in [0.3, 0.4) is 0 Å². The van der Waals surface area contributed by atoms with E-state index in [4.69, 9.17) is 4.74 Å². The summed E-state index contributed by atoms with van der Waals surface area (Å²) in [6.07, 6.45) is 1.63. The number of unbranched alkanes of at least 4 members (excludes halogenated alkanes) is 1. The van der Waals surface area contributed by atoms with E-state index in [2.05, 4.69) is 5.32 Å². The van der Waals surface area contributed by atoms with Crippen LogP contribution in [0.4, 0.5) is 10.1 Å². The number of hydrogen-bond acceptors (Lipinski definition) is 5. The predicted octanol–water partition coefficient (Wildman–Crippen LogP) is 4.75. The number of nitrogens with zero attached hydrogens (tertiary/aromatic N) is 2. The van der Waals surface area contributed by atoms with Gasteiger partial charge in [0, 0.05) is 18.7 Å². The van der Waals surface area contributed by atoms with Gasteiger partial charge in [-0.25, -0.2) is 12.8 Å². The lowest BCUT2D eigenvalue weighted by Crippen LogP contribution is -2.51. The fourth-order valence-corrected chi connectivity index (χ4v) is 5.55. The van der Waals surface area contributed by atoms with E-state index in [1.807, 2.05) is 6.92 Å². The number of nitrogens with one attached hydrogen (secondary N) is 1. The Labute approximate surface area is 235 Å². The Balaban J connectivity index is 2.05. The number of benzene rings is 3. The second-order valence-corrected chi connectivity index (χ2v) is 11.0. The number of anilines is 1. The van der Waals surface area contributed by atoms with Crippen molar-refractivity contribution in [1.29, 1.82) is 0 Å². The molecule has 3 aromatic rings. The van der Waals surface area contributed by atoms with E-state index in [1.54, 1.807) is 62.4 Å². The van der Waals surface area contributed by atoms with E-state index in [9.17, 15) is 22.4 Å². The van der Waals surface area contributed by atoms with Crippen LogP contribution in [0.25, 0.3) is 0 Å². The molecule has 0 aliphatic carbocycles. The van der Waals surface area contributed by atoms with E-state index in [-0.39, 0.29) is 35.0 Å². The minimum atomic E-state index is -4.24. The van der Waals surface area contributed by atoms with Crippen LogP contribution in [0.2, 0.25) is 0 Å². The van der Waals surface area contributed by atoms with Crippen molar-refractivity contribution in [3.8, 4) is 5.75 Å². The Hall–Kier alpha value is -3.92. The van der Waals surface area contributed by atoms with Crippen LogP contribution in [-0.4, -0.2) is 50.9 Å². The molecule has 0 aliphatic heterocycles. The number of amides is 2. The second kappa shape index (κ2) is 14.5. The lowest BCUT2D eigenvalue weighted by molar-refractivity contribution is -0.139. The van der Waals surface area contributed by atoms with Gasteiger partial charge in [-0.05, 0) is 50.6 Å². The molecule has 0 spiro atoms. The minimum Gasteiger partial charge on any atom is -0.492 e. The summed E-state index contributed by atoms with van der Waals surface area (Å²) >= 11 is 0. The number of para-hydroxylation sites is 2. The molecule has 0 fully saturated rings. The molecule has 40 heavy (non-hydrogen) atoms. The molecular formula is C30H36FN3O5S. The summed E-state index contributed by atoms with van der Waals surface area (Å²) in [7, 11) is -4.24. The van der Waals surface area contributed by atoms with E-state index < -0.39 is 40.2 Å². The van der Waals surface area contributed by atoms with Crippen molar-refractivity contribution in [3.63, 3.8) is 0 Å². The molecule has 0 saturated carbocycles. The van der Waals surface area contributed by atoms with Crippen molar-refractivity contribution < 1.29 is 27.1 Å². The number of carbonyl (C=O) groups excluding carboxylic acids is 2. The molecule has 0 aromatic heterocycles. The third-order valence-corrected chi connectivity index (χ3v) is 8.11. The Kier molecular flexibility index (Phi) is 11.1. The number of hydrogen-bond donors (Lipinski definition) is 1. The zero-order chi connectivity index (χ0) is 29.1. The summed E-state index contributed by atoms with van der Waals surface area (Å²) < 4.78 is 49.1. The van der Waals surface area contributed by atoms with Crippen molar-refractivity contribution in [3.05, 3.63) is 90.2 Å². The maximum Gasteiger partial charge on any atom is 0.264 e. The molecule has 0 bridgehead atoms. The largest absolute Gasteiger partial charge is 0.492 e. The number of halogens is 1. The summed E-state index contributed by atoms with van der Waals surface area (Å²) in [5.74, 6) is -1.34. The van der Waals surface area contributed by atoms with Gasteiger partial charge in [0.2, 0.25) is 11.8 Å². The van der Waals surface area contributed by atoms with E-state index in [0.29, 0.717) is 6.54 Å². The smallest absolute Gasteiger partial charge is 0.264 e. The number of sulfonamides is 1. The molecule has 8 nitrogen and oxygen atoms in total. The van der Waals surface area contributed by atoms with Gasteiger partial charge in [-0.15, -0.1) is 0 Å². The molecule has 0 radical (unpaired) electrons. The zero-order valence-electron chi connectivity index (χ0n) is 23.0. The molecule has 10 heteroatoms. The maximum atomic E-state index is 14.6. The van der Waals surface area contributed by atoms with Gasteiger partial charge >= 0.3 is 0 Å². The molecule has 0 heterocycles. The first-order valence-corrected chi connectivity index (χ1v) is 14.7. The average molecular weight is 570 g/mol. The Morgan fingerprint density at radius 3 is 2.27 bits per heavy atom. The van der Waals surface area contributed by atoms with Crippen LogP contribution in [0, 0.1) is 5.82 Å². The first-order valence-electron chi connectivity index (χ1n) is 13.3. The molecule has 2 amide bonds. The van der Waals surface area contributed by atoms with E-state index in [1.165, 1.54) is 35.2 Å². The summed E-state index contributed by atoms with van der Waals surface area (Å²) in [5, 5.41) is 2.81. The number of rotatable bonds is 14. The quantitative estimate of drug-likeness (QED) is 0.283. The first-order chi connectivity index (χ1) is 19.2. The zero-order valence-corrected chi connectivity index (χ0v) is 23.9. The van der Waals surface area contributed by atoms with Crippen LogP contribution < -0.4 is 14.4 Å². The summed E-state index contributed by atoms with van der Waals surface area (Å²) in [6.45, 7) is 5.15. The van der Waals surface area contributed by atoms with Crippen LogP contribution in [0.5, 0.6) is 5.75 Å². The van der Waals surface area contributed by atoms with Gasteiger partial charge in [-0.2, -0.15) is 0 Å². The van der Waals surface area contributed by atoms with Crippen molar-refractivity contribution in [2.75, 3.05) is 24.0 Å². The third kappa shape index (κ3) is 7.59. The van der Waals surface area contributed by atoms with Crippen molar-refractivity contribution in [1.82, 2.24) is 10.2 Å². The molecule has 214 valence electrons. The van der Waals surface area contributed by atoms with Gasteiger partial charge in [0.05, 0.1) is 17.2 Å². The Morgan fingerprint density at radius 1 is 0.950 bits per heavy atom. The van der Waals surface area contributed by atoms with Gasteiger partial charge in [-0.1, -0.05) is 61.9 Å². The average Bonchev–Trinajstić information content (AvgIpc) is 2.96.